The number of hydrogen-bond donors (Lipinski definition) is 0. The van der Waals surface area contributed by atoms with Gasteiger partial charge in [0.15, 0.2) is 0 Å². The predicted octanol–water partition coefficient (Wildman–Crippen LogP) is 2.48. The van der Waals surface area contributed by atoms with Gasteiger partial charge in [0, 0.05) is 18.1 Å². The van der Waals surface area contributed by atoms with Gasteiger partial charge in [0.2, 0.25) is 0 Å². The molecule has 0 aliphatic carbocycles. The molecule has 0 saturated heterocycles. The van der Waals surface area contributed by atoms with Crippen molar-refractivity contribution in [3.63, 3.8) is 0 Å². The summed E-state index contributed by atoms with van der Waals surface area (Å²) in [6, 6.07) is 5.87. The van der Waals surface area contributed by atoms with Gasteiger partial charge in [-0.3, -0.25) is 14.5 Å². The van der Waals surface area contributed by atoms with Crippen LogP contribution in [0.5, 0.6) is 0 Å². The summed E-state index contributed by atoms with van der Waals surface area (Å²) in [7, 11) is 0. The zero-order valence-electron chi connectivity index (χ0n) is 6.94. The van der Waals surface area contributed by atoms with E-state index in [-0.39, 0.29) is 5.69 Å². The van der Waals surface area contributed by atoms with E-state index < -0.39 is 17.5 Å². The van der Waals surface area contributed by atoms with Crippen molar-refractivity contribution in [2.45, 2.75) is 5.92 Å². The maximum Gasteiger partial charge on any atom is 0.269 e. The molecule has 1 aromatic rings. The minimum Gasteiger partial charge on any atom is -0.258 e. The van der Waals surface area contributed by atoms with Gasteiger partial charge < -0.3 is 0 Å². The van der Waals surface area contributed by atoms with Crippen LogP contribution in [0.1, 0.15) is 11.5 Å². The molecule has 1 unspecified atom stereocenters. The molecule has 4 heteroatoms. The first kappa shape index (κ1) is 9.64. The van der Waals surface area contributed by atoms with Crippen molar-refractivity contribution in [2.24, 2.45) is 0 Å². The predicted molar refractivity (Wildman–Crippen MR) is 47.2 cm³/mol. The molecular formula is C9H9FNO2. The lowest BCUT2D eigenvalue weighted by molar-refractivity contribution is -0.384. The molecule has 0 fully saturated rings. The molecule has 0 amide bonds. The van der Waals surface area contributed by atoms with Crippen LogP contribution in [0.15, 0.2) is 24.3 Å². The lowest BCUT2D eigenvalue weighted by Crippen LogP contribution is -1.97. The zero-order chi connectivity index (χ0) is 9.84. The van der Waals surface area contributed by atoms with E-state index in [1.165, 1.54) is 18.2 Å². The topological polar surface area (TPSA) is 43.1 Å². The van der Waals surface area contributed by atoms with Gasteiger partial charge in [-0.25, -0.2) is 0 Å². The van der Waals surface area contributed by atoms with Crippen molar-refractivity contribution in [2.75, 3.05) is 6.67 Å². The van der Waals surface area contributed by atoms with Gasteiger partial charge >= 0.3 is 0 Å². The molecule has 0 N–H and O–H groups in total. The summed E-state index contributed by atoms with van der Waals surface area (Å²) in [4.78, 5) is 9.85. The Kier molecular flexibility index (Phi) is 2.95. The minimum absolute atomic E-state index is 0.0281. The summed E-state index contributed by atoms with van der Waals surface area (Å²) in [6.07, 6.45) is 0. The first-order chi connectivity index (χ1) is 6.15. The fraction of sp³-hybridized carbons (Fsp3) is 0.222. The summed E-state index contributed by atoms with van der Waals surface area (Å²) in [5.41, 5.74) is 0.524. The fourth-order valence-electron chi connectivity index (χ4n) is 0.981. The summed E-state index contributed by atoms with van der Waals surface area (Å²) in [6.45, 7) is 2.92. The lowest BCUT2D eigenvalue weighted by atomic mass is 10.0. The van der Waals surface area contributed by atoms with Crippen LogP contribution < -0.4 is 0 Å². The average Bonchev–Trinajstić information content (AvgIpc) is 2.17. The molecule has 1 atom stereocenters. The maximum absolute atomic E-state index is 12.2. The SMILES string of the molecule is [CH2]C(CF)c1cccc([N+](=O)[O-])c1. The highest BCUT2D eigenvalue weighted by molar-refractivity contribution is 5.36. The van der Waals surface area contributed by atoms with Gasteiger partial charge in [0.1, 0.15) is 0 Å². The maximum atomic E-state index is 12.2. The average molecular weight is 182 g/mol. The van der Waals surface area contributed by atoms with Crippen molar-refractivity contribution in [3.8, 4) is 0 Å². The second-order valence-corrected chi connectivity index (χ2v) is 2.70. The molecule has 0 aromatic heterocycles. The fourth-order valence-corrected chi connectivity index (χ4v) is 0.981. The number of benzene rings is 1. The third-order valence-corrected chi connectivity index (χ3v) is 1.74. The van der Waals surface area contributed by atoms with E-state index in [4.69, 9.17) is 0 Å². The highest BCUT2D eigenvalue weighted by Crippen LogP contribution is 2.20. The number of non-ortho nitro benzene ring substituents is 1. The van der Waals surface area contributed by atoms with Crippen LogP contribution in [0.3, 0.4) is 0 Å². The standard InChI is InChI=1S/C9H9FNO2/c1-7(6-10)8-3-2-4-9(5-8)11(12)13/h2-5,7H,1,6H2. The van der Waals surface area contributed by atoms with Gasteiger partial charge in [0.05, 0.1) is 11.6 Å². The highest BCUT2D eigenvalue weighted by Gasteiger charge is 2.10. The minimum atomic E-state index is -0.610. The van der Waals surface area contributed by atoms with Gasteiger partial charge in [-0.05, 0) is 12.5 Å². The summed E-state index contributed by atoms with van der Waals surface area (Å²) in [5, 5.41) is 10.4. The van der Waals surface area contributed by atoms with Crippen LogP contribution in [0.2, 0.25) is 0 Å². The molecule has 13 heavy (non-hydrogen) atoms. The number of halogens is 1. The molecule has 0 spiro atoms. The van der Waals surface area contributed by atoms with Crippen LogP contribution >= 0.6 is 0 Å². The van der Waals surface area contributed by atoms with Crippen molar-refractivity contribution in [3.05, 3.63) is 46.9 Å². The first-order valence-corrected chi connectivity index (χ1v) is 3.78. The Bertz CT molecular complexity index is 314. The van der Waals surface area contributed by atoms with Crippen molar-refractivity contribution >= 4 is 5.69 Å². The Morgan fingerprint density at radius 2 is 2.31 bits per heavy atom. The highest BCUT2D eigenvalue weighted by atomic mass is 19.1. The second kappa shape index (κ2) is 3.98. The number of nitro groups is 1. The number of nitro benzene ring substituents is 1. The van der Waals surface area contributed by atoms with Crippen molar-refractivity contribution < 1.29 is 9.31 Å². The van der Waals surface area contributed by atoms with Gasteiger partial charge in [-0.2, -0.15) is 0 Å². The molecule has 0 heterocycles. The first-order valence-electron chi connectivity index (χ1n) is 3.78. The number of hydrogen-bond acceptors (Lipinski definition) is 2. The van der Waals surface area contributed by atoms with Crippen LogP contribution in [0.4, 0.5) is 10.1 Å². The van der Waals surface area contributed by atoms with E-state index in [1.807, 2.05) is 0 Å². The molecular weight excluding hydrogens is 173 g/mol. The van der Waals surface area contributed by atoms with E-state index >= 15 is 0 Å². The van der Waals surface area contributed by atoms with Crippen LogP contribution in [0, 0.1) is 17.0 Å². The van der Waals surface area contributed by atoms with Gasteiger partial charge in [0.25, 0.3) is 5.69 Å². The van der Waals surface area contributed by atoms with E-state index in [9.17, 15) is 14.5 Å². The molecule has 3 nitrogen and oxygen atoms in total. The lowest BCUT2D eigenvalue weighted by Gasteiger charge is -2.05. The molecule has 0 aliphatic rings. The quantitative estimate of drug-likeness (QED) is 0.532. The van der Waals surface area contributed by atoms with Crippen LogP contribution in [0.25, 0.3) is 0 Å². The molecule has 0 aliphatic heterocycles. The summed E-state index contributed by atoms with van der Waals surface area (Å²) < 4.78 is 12.2. The Hall–Kier alpha value is -1.45. The van der Waals surface area contributed by atoms with Gasteiger partial charge in [-0.15, -0.1) is 0 Å². The largest absolute Gasteiger partial charge is 0.269 e. The third-order valence-electron chi connectivity index (χ3n) is 1.74. The number of nitrogens with zero attached hydrogens (tertiary/aromatic N) is 1. The Morgan fingerprint density at radius 3 is 2.85 bits per heavy atom. The molecule has 1 aromatic carbocycles. The Balaban J connectivity index is 2.98. The van der Waals surface area contributed by atoms with E-state index in [2.05, 4.69) is 6.92 Å². The Morgan fingerprint density at radius 1 is 1.62 bits per heavy atom. The van der Waals surface area contributed by atoms with Gasteiger partial charge in [-0.1, -0.05) is 12.1 Å². The summed E-state index contributed by atoms with van der Waals surface area (Å²) >= 11 is 0. The van der Waals surface area contributed by atoms with Crippen molar-refractivity contribution in [1.29, 1.82) is 0 Å². The normalized spacial score (nSPS) is 12.5. The van der Waals surface area contributed by atoms with E-state index in [0.29, 0.717) is 5.56 Å². The molecule has 0 saturated carbocycles. The monoisotopic (exact) mass is 182 g/mol. The molecule has 1 rings (SSSR count). The smallest absolute Gasteiger partial charge is 0.258 e. The molecule has 0 bridgehead atoms. The third kappa shape index (κ3) is 2.24. The van der Waals surface area contributed by atoms with E-state index in [0.717, 1.165) is 0 Å². The molecule has 1 radical (unpaired) electrons. The zero-order valence-corrected chi connectivity index (χ0v) is 6.94. The second-order valence-electron chi connectivity index (χ2n) is 2.70. The number of rotatable bonds is 3. The number of alkyl halides is 1. The van der Waals surface area contributed by atoms with Crippen molar-refractivity contribution in [1.82, 2.24) is 0 Å². The van der Waals surface area contributed by atoms with Crippen LogP contribution in [-0.4, -0.2) is 11.6 Å². The summed E-state index contributed by atoms with van der Waals surface area (Å²) in [5.74, 6) is -0.528. The molecule has 69 valence electrons. The Labute approximate surface area is 75.3 Å². The van der Waals surface area contributed by atoms with Crippen LogP contribution in [-0.2, 0) is 0 Å². The van der Waals surface area contributed by atoms with E-state index in [1.54, 1.807) is 6.07 Å².